The smallest absolute Gasteiger partial charge is 0.248 e. The summed E-state index contributed by atoms with van der Waals surface area (Å²) in [7, 11) is 1.74. The molecule has 2 aliphatic rings. The number of pyridine rings is 1. The number of nitriles is 1. The Bertz CT molecular complexity index is 1320. The van der Waals surface area contributed by atoms with Crippen molar-refractivity contribution in [2.75, 3.05) is 45.2 Å². The summed E-state index contributed by atoms with van der Waals surface area (Å²) in [6.45, 7) is 3.01. The standard InChI is InChI=1S/C27H29N7O4/c1-37-23-14-33(15-23)13-21-4-3-20(12-30-21)31-27-29-8-6-24(32-27)18-2-5-25(19(10-18)11-28)38-22-7-9-34(16-22)26(36)17-35/h2-6,8,10,12,22-23,35H,7,9,13-17H2,1H3,(H,29,31,32)/t22-/m1/s1. The quantitative estimate of drug-likeness (QED) is 0.435. The van der Waals surface area contributed by atoms with Gasteiger partial charge in [-0.05, 0) is 36.4 Å². The van der Waals surface area contributed by atoms with Gasteiger partial charge < -0.3 is 24.8 Å². The third-order valence-electron chi connectivity index (χ3n) is 6.70. The molecule has 11 nitrogen and oxygen atoms in total. The molecule has 0 aliphatic carbocycles. The van der Waals surface area contributed by atoms with Crippen molar-refractivity contribution >= 4 is 17.5 Å². The Hall–Kier alpha value is -4.11. The molecule has 2 saturated heterocycles. The summed E-state index contributed by atoms with van der Waals surface area (Å²) in [5, 5.41) is 22.0. The van der Waals surface area contributed by atoms with Crippen LogP contribution in [0.3, 0.4) is 0 Å². The fourth-order valence-corrected chi connectivity index (χ4v) is 4.54. The first-order chi connectivity index (χ1) is 18.5. The minimum Gasteiger partial charge on any atom is -0.487 e. The molecule has 1 amide bonds. The van der Waals surface area contributed by atoms with Gasteiger partial charge in [-0.25, -0.2) is 9.97 Å². The number of anilines is 2. The van der Waals surface area contributed by atoms with E-state index in [1.54, 1.807) is 42.6 Å². The summed E-state index contributed by atoms with van der Waals surface area (Å²) in [6, 6.07) is 13.2. The van der Waals surface area contributed by atoms with Crippen molar-refractivity contribution in [2.24, 2.45) is 0 Å². The van der Waals surface area contributed by atoms with E-state index >= 15 is 0 Å². The predicted octanol–water partition coefficient (Wildman–Crippen LogP) is 1.96. The first kappa shape index (κ1) is 25.5. The van der Waals surface area contributed by atoms with E-state index in [4.69, 9.17) is 14.6 Å². The number of rotatable bonds is 9. The zero-order valence-corrected chi connectivity index (χ0v) is 21.1. The third-order valence-corrected chi connectivity index (χ3v) is 6.70. The highest BCUT2D eigenvalue weighted by Crippen LogP contribution is 2.28. The minimum absolute atomic E-state index is 0.230. The van der Waals surface area contributed by atoms with Gasteiger partial charge in [0.25, 0.3) is 0 Å². The number of carbonyl (C=O) groups excluding carboxylic acids is 1. The number of likely N-dealkylation sites (tertiary alicyclic amines) is 2. The van der Waals surface area contributed by atoms with Crippen molar-refractivity contribution in [3.63, 3.8) is 0 Å². The second kappa shape index (κ2) is 11.5. The lowest BCUT2D eigenvalue weighted by molar-refractivity contribution is -0.133. The number of aromatic nitrogens is 3. The van der Waals surface area contributed by atoms with Crippen LogP contribution < -0.4 is 10.1 Å². The highest BCUT2D eigenvalue weighted by molar-refractivity contribution is 5.77. The van der Waals surface area contributed by atoms with E-state index in [9.17, 15) is 10.1 Å². The molecule has 5 rings (SSSR count). The first-order valence-corrected chi connectivity index (χ1v) is 12.4. The zero-order valence-electron chi connectivity index (χ0n) is 21.1. The lowest BCUT2D eigenvalue weighted by atomic mass is 10.1. The molecule has 0 bridgehead atoms. The van der Waals surface area contributed by atoms with Gasteiger partial charge in [0.15, 0.2) is 0 Å². The number of nitrogens with one attached hydrogen (secondary N) is 1. The number of ether oxygens (including phenoxy) is 2. The number of aliphatic hydroxyl groups is 1. The van der Waals surface area contributed by atoms with Crippen molar-refractivity contribution in [3.05, 3.63) is 60.0 Å². The highest BCUT2D eigenvalue weighted by Gasteiger charge is 2.28. The molecule has 1 atom stereocenters. The van der Waals surface area contributed by atoms with Crippen molar-refractivity contribution < 1.29 is 19.4 Å². The summed E-state index contributed by atoms with van der Waals surface area (Å²) in [5.41, 5.74) is 3.54. The maximum atomic E-state index is 11.7. The minimum atomic E-state index is -0.517. The molecule has 2 aromatic heterocycles. The molecule has 0 radical (unpaired) electrons. The van der Waals surface area contributed by atoms with E-state index in [0.717, 1.165) is 36.6 Å². The van der Waals surface area contributed by atoms with Gasteiger partial charge >= 0.3 is 0 Å². The van der Waals surface area contributed by atoms with Crippen molar-refractivity contribution in [1.29, 1.82) is 5.26 Å². The Labute approximate surface area is 220 Å². The fourth-order valence-electron chi connectivity index (χ4n) is 4.54. The van der Waals surface area contributed by atoms with E-state index in [2.05, 4.69) is 31.2 Å². The van der Waals surface area contributed by atoms with E-state index < -0.39 is 6.61 Å². The molecule has 3 aromatic rings. The molecule has 196 valence electrons. The van der Waals surface area contributed by atoms with Gasteiger partial charge in [0.2, 0.25) is 11.9 Å². The molecule has 2 fully saturated rings. The van der Waals surface area contributed by atoms with Gasteiger partial charge in [0.1, 0.15) is 24.5 Å². The maximum Gasteiger partial charge on any atom is 0.248 e. The molecule has 38 heavy (non-hydrogen) atoms. The van der Waals surface area contributed by atoms with Gasteiger partial charge in [-0.15, -0.1) is 0 Å². The molecule has 2 aliphatic heterocycles. The Morgan fingerprint density at radius 2 is 2.05 bits per heavy atom. The number of nitrogens with zero attached hydrogens (tertiary/aromatic N) is 6. The number of carbonyl (C=O) groups is 1. The van der Waals surface area contributed by atoms with Crippen LogP contribution in [0.2, 0.25) is 0 Å². The molecule has 0 spiro atoms. The lowest BCUT2D eigenvalue weighted by Crippen LogP contribution is -2.51. The van der Waals surface area contributed by atoms with Crippen LogP contribution in [-0.2, 0) is 16.1 Å². The predicted molar refractivity (Wildman–Crippen MR) is 138 cm³/mol. The first-order valence-electron chi connectivity index (χ1n) is 12.4. The topological polar surface area (TPSA) is 137 Å². The number of hydrogen-bond acceptors (Lipinski definition) is 10. The number of benzene rings is 1. The Kier molecular flexibility index (Phi) is 7.74. The molecule has 4 heterocycles. The SMILES string of the molecule is COC1CN(Cc2ccc(Nc3nccc(-c4ccc(O[C@@H]5CCN(C(=O)CO)C5)c(C#N)c4)n3)cn2)C1. The molecular formula is C27H29N7O4. The van der Waals surface area contributed by atoms with E-state index in [1.165, 1.54) is 0 Å². The van der Waals surface area contributed by atoms with Crippen LogP contribution in [0.5, 0.6) is 5.75 Å². The zero-order chi connectivity index (χ0) is 26.5. The third kappa shape index (κ3) is 5.89. The molecule has 1 aromatic carbocycles. The monoisotopic (exact) mass is 515 g/mol. The molecule has 11 heteroatoms. The number of amides is 1. The Morgan fingerprint density at radius 1 is 1.18 bits per heavy atom. The largest absolute Gasteiger partial charge is 0.487 e. The van der Waals surface area contributed by atoms with Crippen LogP contribution in [-0.4, -0.2) is 87.9 Å². The second-order valence-electron chi connectivity index (χ2n) is 9.33. The van der Waals surface area contributed by atoms with E-state index in [0.29, 0.717) is 48.6 Å². The second-order valence-corrected chi connectivity index (χ2v) is 9.33. The average molecular weight is 516 g/mol. The Morgan fingerprint density at radius 3 is 2.79 bits per heavy atom. The molecule has 0 saturated carbocycles. The van der Waals surface area contributed by atoms with Gasteiger partial charge in [-0.2, -0.15) is 5.26 Å². The summed E-state index contributed by atoms with van der Waals surface area (Å²) < 4.78 is 11.3. The van der Waals surface area contributed by atoms with E-state index in [1.807, 2.05) is 18.2 Å². The molecular weight excluding hydrogens is 486 g/mol. The normalized spacial score (nSPS) is 17.6. The van der Waals surface area contributed by atoms with Gasteiger partial charge in [-0.1, -0.05) is 0 Å². The summed E-state index contributed by atoms with van der Waals surface area (Å²) in [6.07, 6.45) is 4.14. The van der Waals surface area contributed by atoms with Crippen molar-refractivity contribution in [1.82, 2.24) is 24.8 Å². The molecule has 0 unspecified atom stereocenters. The number of methoxy groups -OCH3 is 1. The van der Waals surface area contributed by atoms with Gasteiger partial charge in [0.05, 0.1) is 41.5 Å². The summed E-state index contributed by atoms with van der Waals surface area (Å²) >= 11 is 0. The van der Waals surface area contributed by atoms with Gasteiger partial charge in [-0.3, -0.25) is 14.7 Å². The van der Waals surface area contributed by atoms with Crippen molar-refractivity contribution in [3.8, 4) is 23.1 Å². The van der Waals surface area contributed by atoms with Crippen LogP contribution in [0.25, 0.3) is 11.3 Å². The van der Waals surface area contributed by atoms with Crippen LogP contribution >= 0.6 is 0 Å². The lowest BCUT2D eigenvalue weighted by Gasteiger charge is -2.37. The van der Waals surface area contributed by atoms with Crippen LogP contribution in [0, 0.1) is 11.3 Å². The number of aliphatic hydroxyl groups excluding tert-OH is 1. The molecule has 2 N–H and O–H groups in total. The van der Waals surface area contributed by atoms with E-state index in [-0.39, 0.29) is 12.0 Å². The summed E-state index contributed by atoms with van der Waals surface area (Å²) in [4.78, 5) is 29.0. The summed E-state index contributed by atoms with van der Waals surface area (Å²) in [5.74, 6) is 0.550. The average Bonchev–Trinajstić information content (AvgIpc) is 3.40. The number of hydrogen-bond donors (Lipinski definition) is 2. The van der Waals surface area contributed by atoms with Crippen LogP contribution in [0.4, 0.5) is 11.6 Å². The highest BCUT2D eigenvalue weighted by atomic mass is 16.5. The van der Waals surface area contributed by atoms with Crippen LogP contribution in [0.1, 0.15) is 17.7 Å². The fraction of sp³-hybridized carbons (Fsp3) is 0.370. The van der Waals surface area contributed by atoms with Crippen LogP contribution in [0.15, 0.2) is 48.8 Å². The maximum absolute atomic E-state index is 11.7. The van der Waals surface area contributed by atoms with Gasteiger partial charge in [0, 0.05) is 51.5 Å². The Balaban J connectivity index is 1.22. The van der Waals surface area contributed by atoms with Crippen molar-refractivity contribution in [2.45, 2.75) is 25.2 Å².